The van der Waals surface area contributed by atoms with E-state index in [4.69, 9.17) is 0 Å². The van der Waals surface area contributed by atoms with E-state index in [2.05, 4.69) is 23.6 Å². The van der Waals surface area contributed by atoms with Gasteiger partial charge in [0.1, 0.15) is 0 Å². The van der Waals surface area contributed by atoms with E-state index >= 15 is 0 Å². The highest BCUT2D eigenvalue weighted by molar-refractivity contribution is 6.32. The monoisotopic (exact) mass is 367 g/mol. The normalized spacial score (nSPS) is 11.4. The lowest BCUT2D eigenvalue weighted by molar-refractivity contribution is -0.110. The molecule has 0 spiro atoms. The number of ketones is 1. The van der Waals surface area contributed by atoms with E-state index in [1.54, 1.807) is 0 Å². The third-order valence-electron chi connectivity index (χ3n) is 4.52. The fourth-order valence-corrected chi connectivity index (χ4v) is 3.15. The summed E-state index contributed by atoms with van der Waals surface area (Å²) in [5.74, 6) is -0.0186. The van der Waals surface area contributed by atoms with Crippen LogP contribution in [-0.2, 0) is 11.3 Å². The van der Waals surface area contributed by atoms with E-state index in [0.29, 0.717) is 17.7 Å². The molecule has 0 N–H and O–H groups in total. The first-order chi connectivity index (χ1) is 13.6. The van der Waals surface area contributed by atoms with Gasteiger partial charge in [0.2, 0.25) is 0 Å². The number of carbonyl (C=O) groups excluding carboxylic acids is 1. The Labute approximate surface area is 167 Å². The lowest BCUT2D eigenvalue weighted by Crippen LogP contribution is -2.23. The smallest absolute Gasteiger partial charge is 0.190 e. The first kappa shape index (κ1) is 19.5. The number of nitrogens with zero attached hydrogens (tertiary/aromatic N) is 1. The van der Waals surface area contributed by atoms with Crippen LogP contribution in [0.2, 0.25) is 0 Å². The molecule has 0 heterocycles. The molecule has 3 aromatic carbocycles. The molecule has 0 saturated heterocycles. The second-order valence-electron chi connectivity index (χ2n) is 6.93. The number of likely N-dealkylation sites (N-methyl/N-ethyl adjacent to an activating group) is 1. The van der Waals surface area contributed by atoms with Crippen LogP contribution >= 0.6 is 0 Å². The van der Waals surface area contributed by atoms with E-state index in [-0.39, 0.29) is 5.78 Å². The predicted octanol–water partition coefficient (Wildman–Crippen LogP) is 5.48. The maximum Gasteiger partial charge on any atom is 0.190 e. The van der Waals surface area contributed by atoms with Crippen molar-refractivity contribution in [2.45, 2.75) is 6.54 Å². The van der Waals surface area contributed by atoms with Crippen molar-refractivity contribution >= 4 is 17.4 Å². The van der Waals surface area contributed by atoms with Crippen LogP contribution in [0.5, 0.6) is 0 Å². The Morgan fingerprint density at radius 2 is 1.39 bits per heavy atom. The van der Waals surface area contributed by atoms with Gasteiger partial charge in [-0.25, -0.2) is 0 Å². The summed E-state index contributed by atoms with van der Waals surface area (Å²) < 4.78 is 0. The summed E-state index contributed by atoms with van der Waals surface area (Å²) in [4.78, 5) is 15.4. The van der Waals surface area contributed by atoms with Crippen molar-refractivity contribution in [3.05, 3.63) is 120 Å². The molecule has 2 heteroatoms. The zero-order valence-electron chi connectivity index (χ0n) is 16.2. The Morgan fingerprint density at radius 1 is 0.857 bits per heavy atom. The highest BCUT2D eigenvalue weighted by Gasteiger charge is 2.17. The molecular weight excluding hydrogens is 342 g/mol. The summed E-state index contributed by atoms with van der Waals surface area (Å²) in [5.41, 5.74) is 4.38. The van der Waals surface area contributed by atoms with Gasteiger partial charge in [-0.1, -0.05) is 97.6 Å². The van der Waals surface area contributed by atoms with Crippen LogP contribution in [0.4, 0.5) is 0 Å². The molecule has 0 amide bonds. The Balaban J connectivity index is 1.79. The average molecular weight is 367 g/mol. The van der Waals surface area contributed by atoms with E-state index in [1.807, 2.05) is 92.0 Å². The molecular formula is C26H25NO. The fraction of sp³-hybridized carbons (Fsp3) is 0.115. The third kappa shape index (κ3) is 5.38. The van der Waals surface area contributed by atoms with Crippen molar-refractivity contribution < 1.29 is 4.79 Å². The van der Waals surface area contributed by atoms with E-state index in [1.165, 1.54) is 5.56 Å². The summed E-state index contributed by atoms with van der Waals surface area (Å²) in [6.07, 6.45) is 1.94. The molecule has 0 aliphatic rings. The summed E-state index contributed by atoms with van der Waals surface area (Å²) in [5, 5.41) is 0. The van der Waals surface area contributed by atoms with E-state index < -0.39 is 0 Å². The van der Waals surface area contributed by atoms with Gasteiger partial charge >= 0.3 is 0 Å². The molecule has 0 saturated carbocycles. The number of benzene rings is 3. The number of allylic oxidation sites excluding steroid dienone is 1. The number of hydrogen-bond acceptors (Lipinski definition) is 2. The number of rotatable bonds is 8. The Kier molecular flexibility index (Phi) is 6.72. The number of carbonyl (C=O) groups is 1. The lowest BCUT2D eigenvalue weighted by Gasteiger charge is -2.18. The van der Waals surface area contributed by atoms with Crippen molar-refractivity contribution in [3.63, 3.8) is 0 Å². The Hall–Kier alpha value is -3.23. The molecule has 0 bridgehead atoms. The van der Waals surface area contributed by atoms with Crippen molar-refractivity contribution in [1.82, 2.24) is 4.90 Å². The van der Waals surface area contributed by atoms with Crippen molar-refractivity contribution in [1.29, 1.82) is 0 Å². The quantitative estimate of drug-likeness (QED) is 0.388. The molecule has 0 unspecified atom stereocenters. The minimum atomic E-state index is -0.0186. The van der Waals surface area contributed by atoms with Crippen LogP contribution in [0, 0.1) is 0 Å². The lowest BCUT2D eigenvalue weighted by atomic mass is 9.95. The second-order valence-corrected chi connectivity index (χ2v) is 6.93. The first-order valence-corrected chi connectivity index (χ1v) is 9.40. The first-order valence-electron chi connectivity index (χ1n) is 9.40. The van der Waals surface area contributed by atoms with Crippen molar-refractivity contribution in [2.24, 2.45) is 0 Å². The van der Waals surface area contributed by atoms with E-state index in [9.17, 15) is 4.79 Å². The summed E-state index contributed by atoms with van der Waals surface area (Å²) in [7, 11) is 2.01. The van der Waals surface area contributed by atoms with Gasteiger partial charge in [-0.2, -0.15) is 0 Å². The molecule has 0 aromatic heterocycles. The molecule has 0 aliphatic heterocycles. The maximum atomic E-state index is 13.2. The molecule has 0 aliphatic carbocycles. The van der Waals surface area contributed by atoms with Gasteiger partial charge in [-0.15, -0.1) is 0 Å². The minimum absolute atomic E-state index is 0.0186. The van der Waals surface area contributed by atoms with Crippen molar-refractivity contribution in [2.75, 3.05) is 13.6 Å². The molecule has 140 valence electrons. The SMILES string of the molecule is C=C(CN(C)Cc1ccccc1)C(=O)C(=Cc1ccccc1)c1ccccc1. The third-order valence-corrected chi connectivity index (χ3v) is 4.52. The fourth-order valence-electron chi connectivity index (χ4n) is 3.15. The second kappa shape index (κ2) is 9.63. The average Bonchev–Trinajstić information content (AvgIpc) is 2.73. The van der Waals surface area contributed by atoms with Crippen LogP contribution in [-0.4, -0.2) is 24.3 Å². The topological polar surface area (TPSA) is 20.3 Å². The Morgan fingerprint density at radius 3 is 2.00 bits per heavy atom. The van der Waals surface area contributed by atoms with Gasteiger partial charge in [-0.3, -0.25) is 9.69 Å². The molecule has 28 heavy (non-hydrogen) atoms. The van der Waals surface area contributed by atoms with Crippen LogP contribution in [0.1, 0.15) is 16.7 Å². The number of Topliss-reactive ketones (excluding diaryl/α,β-unsaturated/α-hetero) is 1. The Bertz CT molecular complexity index is 943. The van der Waals surface area contributed by atoms with Gasteiger partial charge in [0.05, 0.1) is 0 Å². The van der Waals surface area contributed by atoms with Crippen LogP contribution in [0.25, 0.3) is 11.6 Å². The van der Waals surface area contributed by atoms with Crippen molar-refractivity contribution in [3.8, 4) is 0 Å². The van der Waals surface area contributed by atoms with E-state index in [0.717, 1.165) is 17.7 Å². The minimum Gasteiger partial charge on any atom is -0.298 e. The number of hydrogen-bond donors (Lipinski definition) is 0. The zero-order valence-corrected chi connectivity index (χ0v) is 16.2. The van der Waals surface area contributed by atoms with Gasteiger partial charge < -0.3 is 0 Å². The van der Waals surface area contributed by atoms with Crippen LogP contribution in [0.15, 0.2) is 103 Å². The van der Waals surface area contributed by atoms with Gasteiger partial charge in [-0.05, 0) is 29.8 Å². The molecule has 3 rings (SSSR count). The zero-order chi connectivity index (χ0) is 19.8. The molecule has 2 nitrogen and oxygen atoms in total. The highest BCUT2D eigenvalue weighted by Crippen LogP contribution is 2.22. The van der Waals surface area contributed by atoms with Gasteiger partial charge in [0, 0.05) is 24.2 Å². The standard InChI is InChI=1S/C26H25NO/c1-21(19-27(2)20-23-14-8-4-9-15-23)26(28)25(24-16-10-5-11-17-24)18-22-12-6-3-7-13-22/h3-18H,1,19-20H2,2H3. The largest absolute Gasteiger partial charge is 0.298 e. The summed E-state index contributed by atoms with van der Waals surface area (Å²) in [6, 6.07) is 29.9. The van der Waals surface area contributed by atoms with Crippen LogP contribution in [0.3, 0.4) is 0 Å². The molecule has 3 aromatic rings. The van der Waals surface area contributed by atoms with Gasteiger partial charge in [0.25, 0.3) is 0 Å². The summed E-state index contributed by atoms with van der Waals surface area (Å²) >= 11 is 0. The highest BCUT2D eigenvalue weighted by atomic mass is 16.1. The molecule has 0 radical (unpaired) electrons. The summed E-state index contributed by atoms with van der Waals surface area (Å²) in [6.45, 7) is 5.39. The molecule has 0 atom stereocenters. The van der Waals surface area contributed by atoms with Gasteiger partial charge in [0.15, 0.2) is 5.78 Å². The molecule has 0 fully saturated rings. The predicted molar refractivity (Wildman–Crippen MR) is 118 cm³/mol. The maximum absolute atomic E-state index is 13.2. The van der Waals surface area contributed by atoms with Crippen LogP contribution < -0.4 is 0 Å².